The van der Waals surface area contributed by atoms with Crippen molar-refractivity contribution in [2.45, 2.75) is 25.8 Å². The number of halogens is 3. The Bertz CT molecular complexity index is 557. The zero-order chi connectivity index (χ0) is 14.5. The van der Waals surface area contributed by atoms with Crippen LogP contribution in [0, 0.1) is 11.6 Å². The molecular formula is C15H16BrF2NO. The molecule has 2 rings (SSSR count). The van der Waals surface area contributed by atoms with E-state index >= 15 is 0 Å². The molecule has 0 saturated carbocycles. The van der Waals surface area contributed by atoms with Crippen LogP contribution in [0.4, 0.5) is 8.78 Å². The van der Waals surface area contributed by atoms with Gasteiger partial charge in [-0.1, -0.05) is 6.92 Å². The number of nitrogens with one attached hydrogen (secondary N) is 1. The first-order valence-corrected chi connectivity index (χ1v) is 7.32. The maximum absolute atomic E-state index is 14.0. The highest BCUT2D eigenvalue weighted by atomic mass is 79.9. The molecule has 0 aliphatic heterocycles. The number of hydrogen-bond acceptors (Lipinski definition) is 2. The first kappa shape index (κ1) is 15.2. The molecular weight excluding hydrogens is 328 g/mol. The van der Waals surface area contributed by atoms with Gasteiger partial charge in [-0.15, -0.1) is 0 Å². The van der Waals surface area contributed by atoms with Gasteiger partial charge in [-0.05, 0) is 53.2 Å². The molecule has 2 nitrogen and oxygen atoms in total. The third-order valence-corrected chi connectivity index (χ3v) is 3.69. The Morgan fingerprint density at radius 3 is 2.75 bits per heavy atom. The van der Waals surface area contributed by atoms with E-state index in [1.165, 1.54) is 12.1 Å². The largest absolute Gasteiger partial charge is 0.468 e. The summed E-state index contributed by atoms with van der Waals surface area (Å²) in [5.74, 6) is -0.419. The van der Waals surface area contributed by atoms with Crippen LogP contribution in [0.1, 0.15) is 30.7 Å². The van der Waals surface area contributed by atoms with E-state index in [1.807, 2.05) is 6.92 Å². The van der Waals surface area contributed by atoms with Gasteiger partial charge in [0.2, 0.25) is 0 Å². The van der Waals surface area contributed by atoms with Crippen molar-refractivity contribution in [2.24, 2.45) is 0 Å². The number of benzene rings is 1. The second-order valence-corrected chi connectivity index (χ2v) is 5.40. The highest BCUT2D eigenvalue weighted by Crippen LogP contribution is 2.26. The van der Waals surface area contributed by atoms with Crippen molar-refractivity contribution in [1.29, 1.82) is 0 Å². The second kappa shape index (κ2) is 6.99. The van der Waals surface area contributed by atoms with Crippen molar-refractivity contribution in [3.63, 3.8) is 0 Å². The Balaban J connectivity index is 2.26. The Hall–Kier alpha value is -1.20. The van der Waals surface area contributed by atoms with Gasteiger partial charge in [-0.25, -0.2) is 8.78 Å². The van der Waals surface area contributed by atoms with E-state index in [-0.39, 0.29) is 22.5 Å². The fourth-order valence-corrected chi connectivity index (χ4v) is 2.41. The molecule has 5 heteroatoms. The highest BCUT2D eigenvalue weighted by Gasteiger charge is 2.20. The molecule has 0 saturated heterocycles. The molecule has 1 N–H and O–H groups in total. The Labute approximate surface area is 125 Å². The SMILES string of the molecule is CCCNC(Cc1c(F)ccc(Br)c1F)c1ccco1. The number of rotatable bonds is 6. The minimum absolute atomic E-state index is 0.0596. The highest BCUT2D eigenvalue weighted by molar-refractivity contribution is 9.10. The summed E-state index contributed by atoms with van der Waals surface area (Å²) in [6, 6.07) is 5.96. The van der Waals surface area contributed by atoms with E-state index in [1.54, 1.807) is 18.4 Å². The van der Waals surface area contributed by atoms with Crippen LogP contribution >= 0.6 is 15.9 Å². The van der Waals surface area contributed by atoms with E-state index in [0.29, 0.717) is 5.76 Å². The molecule has 0 spiro atoms. The number of furan rings is 1. The fraction of sp³-hybridized carbons (Fsp3) is 0.333. The third-order valence-electron chi connectivity index (χ3n) is 3.07. The van der Waals surface area contributed by atoms with E-state index in [0.717, 1.165) is 13.0 Å². The number of hydrogen-bond donors (Lipinski definition) is 1. The smallest absolute Gasteiger partial charge is 0.143 e. The molecule has 1 unspecified atom stereocenters. The van der Waals surface area contributed by atoms with E-state index in [4.69, 9.17) is 4.42 Å². The lowest BCUT2D eigenvalue weighted by Gasteiger charge is -2.17. The second-order valence-electron chi connectivity index (χ2n) is 4.55. The molecule has 1 heterocycles. The van der Waals surface area contributed by atoms with Gasteiger partial charge in [-0.3, -0.25) is 0 Å². The lowest BCUT2D eigenvalue weighted by atomic mass is 10.0. The zero-order valence-electron chi connectivity index (χ0n) is 11.1. The summed E-state index contributed by atoms with van der Waals surface area (Å²) in [4.78, 5) is 0. The fourth-order valence-electron chi connectivity index (χ4n) is 2.04. The van der Waals surface area contributed by atoms with Crippen LogP contribution in [-0.4, -0.2) is 6.54 Å². The first-order valence-electron chi connectivity index (χ1n) is 6.52. The van der Waals surface area contributed by atoms with E-state index < -0.39 is 11.6 Å². The van der Waals surface area contributed by atoms with Crippen molar-refractivity contribution < 1.29 is 13.2 Å². The zero-order valence-corrected chi connectivity index (χ0v) is 12.7. The van der Waals surface area contributed by atoms with Crippen LogP contribution in [0.5, 0.6) is 0 Å². The average Bonchev–Trinajstić information content (AvgIpc) is 2.96. The molecule has 2 aromatic rings. The van der Waals surface area contributed by atoms with Gasteiger partial charge in [-0.2, -0.15) is 0 Å². The molecule has 1 aromatic heterocycles. The van der Waals surface area contributed by atoms with Gasteiger partial charge in [0.25, 0.3) is 0 Å². The molecule has 108 valence electrons. The predicted molar refractivity (Wildman–Crippen MR) is 77.5 cm³/mol. The average molecular weight is 344 g/mol. The topological polar surface area (TPSA) is 25.2 Å². The first-order chi connectivity index (χ1) is 9.63. The molecule has 1 aromatic carbocycles. The molecule has 0 radical (unpaired) electrons. The molecule has 0 fully saturated rings. The van der Waals surface area contributed by atoms with Gasteiger partial charge in [0.05, 0.1) is 16.8 Å². The van der Waals surface area contributed by atoms with Crippen molar-refractivity contribution in [1.82, 2.24) is 5.32 Å². The van der Waals surface area contributed by atoms with E-state index in [2.05, 4.69) is 21.2 Å². The molecule has 0 aliphatic carbocycles. The Kier molecular flexibility index (Phi) is 5.31. The summed E-state index contributed by atoms with van der Waals surface area (Å²) < 4.78 is 33.5. The van der Waals surface area contributed by atoms with Crippen LogP contribution < -0.4 is 5.32 Å². The van der Waals surface area contributed by atoms with Crippen molar-refractivity contribution in [2.75, 3.05) is 6.54 Å². The van der Waals surface area contributed by atoms with Crippen LogP contribution in [0.3, 0.4) is 0 Å². The lowest BCUT2D eigenvalue weighted by Crippen LogP contribution is -2.24. The summed E-state index contributed by atoms with van der Waals surface area (Å²) in [5, 5.41) is 3.25. The monoisotopic (exact) mass is 343 g/mol. The minimum atomic E-state index is -0.556. The van der Waals surface area contributed by atoms with E-state index in [9.17, 15) is 8.78 Å². The molecule has 0 amide bonds. The van der Waals surface area contributed by atoms with Crippen molar-refractivity contribution in [3.8, 4) is 0 Å². The summed E-state index contributed by atoms with van der Waals surface area (Å²) in [5.41, 5.74) is 0.0596. The van der Waals surface area contributed by atoms with Crippen LogP contribution in [-0.2, 0) is 6.42 Å². The van der Waals surface area contributed by atoms with Crippen LogP contribution in [0.2, 0.25) is 0 Å². The van der Waals surface area contributed by atoms with Gasteiger partial charge in [0.1, 0.15) is 17.4 Å². The molecule has 0 bridgehead atoms. The van der Waals surface area contributed by atoms with Crippen molar-refractivity contribution in [3.05, 3.63) is 58.0 Å². The Morgan fingerprint density at radius 1 is 1.30 bits per heavy atom. The molecule has 20 heavy (non-hydrogen) atoms. The predicted octanol–water partition coefficient (Wildman–Crippen LogP) is 4.60. The van der Waals surface area contributed by atoms with Gasteiger partial charge >= 0.3 is 0 Å². The maximum Gasteiger partial charge on any atom is 0.143 e. The third kappa shape index (κ3) is 3.46. The summed E-state index contributed by atoms with van der Waals surface area (Å²) in [6.45, 7) is 2.79. The van der Waals surface area contributed by atoms with Crippen molar-refractivity contribution >= 4 is 15.9 Å². The van der Waals surface area contributed by atoms with Gasteiger partial charge in [0, 0.05) is 12.0 Å². The van der Waals surface area contributed by atoms with Crippen LogP contribution in [0.25, 0.3) is 0 Å². The van der Waals surface area contributed by atoms with Crippen LogP contribution in [0.15, 0.2) is 39.4 Å². The normalized spacial score (nSPS) is 12.6. The maximum atomic E-state index is 14.0. The quantitative estimate of drug-likeness (QED) is 0.775. The minimum Gasteiger partial charge on any atom is -0.468 e. The molecule has 1 atom stereocenters. The van der Waals surface area contributed by atoms with Gasteiger partial charge < -0.3 is 9.73 Å². The molecule has 0 aliphatic rings. The summed E-state index contributed by atoms with van der Waals surface area (Å²) in [7, 11) is 0. The summed E-state index contributed by atoms with van der Waals surface area (Å²) >= 11 is 3.09. The Morgan fingerprint density at radius 2 is 2.10 bits per heavy atom. The van der Waals surface area contributed by atoms with Gasteiger partial charge in [0.15, 0.2) is 0 Å². The standard InChI is InChI=1S/C15H16BrF2NO/c1-2-7-19-13(14-4-3-8-20-14)9-10-12(17)6-5-11(16)15(10)18/h3-6,8,13,19H,2,7,9H2,1H3. The summed E-state index contributed by atoms with van der Waals surface area (Å²) in [6.07, 6.45) is 2.69. The lowest BCUT2D eigenvalue weighted by molar-refractivity contribution is 0.401.